The fourth-order valence-corrected chi connectivity index (χ4v) is 12.8. The molecule has 15 rings (SSSR count). The average Bonchev–Trinajstić information content (AvgIpc) is 4.01. The van der Waals surface area contributed by atoms with Gasteiger partial charge in [-0.05, 0) is 128 Å². The first-order valence-corrected chi connectivity index (χ1v) is 25.8. The van der Waals surface area contributed by atoms with Crippen LogP contribution in [0.4, 0.5) is 34.1 Å². The fourth-order valence-electron chi connectivity index (χ4n) is 12.8. The smallest absolute Gasteiger partial charge is 0.247 e. The summed E-state index contributed by atoms with van der Waals surface area (Å²) in [5.74, 6) is 0. The number of benzene rings is 11. The third-order valence-corrected chi connectivity index (χ3v) is 16.1. The van der Waals surface area contributed by atoms with Gasteiger partial charge in [0.1, 0.15) is 22.3 Å². The number of fused-ring (bicyclic) bond motifs is 11. The Balaban J connectivity index is 1.05. The summed E-state index contributed by atoms with van der Waals surface area (Å²) >= 11 is 0. The van der Waals surface area contributed by atoms with Crippen molar-refractivity contribution in [3.05, 3.63) is 270 Å². The molecule has 4 heterocycles. The van der Waals surface area contributed by atoms with Crippen LogP contribution in [-0.4, -0.2) is 6.71 Å². The lowest BCUT2D eigenvalue weighted by atomic mass is 9.29. The largest absolute Gasteiger partial charge is 0.456 e. The third-order valence-electron chi connectivity index (χ3n) is 16.1. The normalized spacial score (nSPS) is 13.7. The Bertz CT molecular complexity index is 4340. The van der Waals surface area contributed by atoms with Gasteiger partial charge in [-0.2, -0.15) is 0 Å². The summed E-state index contributed by atoms with van der Waals surface area (Å²) < 4.78 is 13.2. The fraction of sp³-hybridized carbons (Fsp3) is 0.0725. The van der Waals surface area contributed by atoms with E-state index in [2.05, 4.69) is 267 Å². The summed E-state index contributed by atoms with van der Waals surface area (Å²) in [5, 5.41) is 6.80. The van der Waals surface area contributed by atoms with E-state index in [-0.39, 0.29) is 12.1 Å². The van der Waals surface area contributed by atoms with E-state index in [0.717, 1.165) is 72.3 Å². The molecule has 0 atom stereocenters. The highest BCUT2D eigenvalue weighted by Crippen LogP contribution is 2.51. The summed E-state index contributed by atoms with van der Waals surface area (Å²) in [7, 11) is 0. The zero-order valence-corrected chi connectivity index (χ0v) is 41.4. The van der Waals surface area contributed by atoms with Crippen molar-refractivity contribution in [1.29, 1.82) is 0 Å². The van der Waals surface area contributed by atoms with Gasteiger partial charge in [0.2, 0.25) is 6.71 Å². The second kappa shape index (κ2) is 16.0. The minimum Gasteiger partial charge on any atom is -0.456 e. The van der Waals surface area contributed by atoms with Crippen LogP contribution in [0.5, 0.6) is 0 Å². The van der Waals surface area contributed by atoms with Crippen molar-refractivity contribution >= 4 is 112 Å². The van der Waals surface area contributed by atoms with Crippen LogP contribution in [0, 0.1) is 0 Å². The predicted molar refractivity (Wildman–Crippen MR) is 310 cm³/mol. The molecule has 2 aromatic heterocycles. The highest BCUT2D eigenvalue weighted by atomic mass is 16.3. The molecule has 0 fully saturated rings. The third kappa shape index (κ3) is 6.23. The van der Waals surface area contributed by atoms with Crippen LogP contribution < -0.4 is 26.2 Å². The number of rotatable bonds is 6. The van der Waals surface area contributed by atoms with Gasteiger partial charge >= 0.3 is 0 Å². The van der Waals surface area contributed by atoms with E-state index >= 15 is 0 Å². The maximum atomic E-state index is 6.74. The monoisotopic (exact) mass is 948 g/mol. The van der Waals surface area contributed by atoms with Crippen molar-refractivity contribution in [1.82, 2.24) is 0 Å². The molecule has 4 nitrogen and oxygen atoms in total. The van der Waals surface area contributed by atoms with Crippen LogP contribution >= 0.6 is 0 Å². The maximum absolute atomic E-state index is 6.74. The zero-order chi connectivity index (χ0) is 49.3. The minimum absolute atomic E-state index is 0.00751. The lowest BCUT2D eigenvalue weighted by Crippen LogP contribution is -2.65. The van der Waals surface area contributed by atoms with Crippen molar-refractivity contribution < 1.29 is 8.83 Å². The lowest BCUT2D eigenvalue weighted by Gasteiger charge is -2.48. The molecule has 5 heteroatoms. The van der Waals surface area contributed by atoms with Crippen LogP contribution in [0.2, 0.25) is 0 Å². The molecule has 2 aliphatic rings. The molecule has 11 aromatic carbocycles. The van der Waals surface area contributed by atoms with Crippen LogP contribution in [0.15, 0.2) is 251 Å². The number of para-hydroxylation sites is 2. The topological polar surface area (TPSA) is 32.8 Å². The number of hydrogen-bond donors (Lipinski definition) is 0. The van der Waals surface area contributed by atoms with Gasteiger partial charge in [0.05, 0.1) is 5.41 Å². The van der Waals surface area contributed by atoms with E-state index in [4.69, 9.17) is 8.83 Å². The van der Waals surface area contributed by atoms with Crippen LogP contribution in [0.1, 0.15) is 48.6 Å². The first-order valence-electron chi connectivity index (χ1n) is 25.8. The number of anilines is 6. The predicted octanol–water partition coefficient (Wildman–Crippen LogP) is 16.4. The van der Waals surface area contributed by atoms with Gasteiger partial charge in [-0.1, -0.05) is 190 Å². The van der Waals surface area contributed by atoms with Crippen molar-refractivity contribution in [2.45, 2.75) is 31.6 Å². The Kier molecular flexibility index (Phi) is 9.20. The van der Waals surface area contributed by atoms with E-state index in [0.29, 0.717) is 0 Å². The number of hydrogen-bond acceptors (Lipinski definition) is 4. The quantitative estimate of drug-likeness (QED) is 0.156. The molecule has 13 aromatic rings. The standard InChI is InChI=1S/C69H49BN2O2/c1-68(2,3)46-30-33-49(34-31-46)72-61-26-16-25-57-67(61)70(60-42-56-54-24-13-15-28-64(54)74-66(56)43-62(60)72)59-37-35-52(41-58(59)69(57,47-19-6-4-7-20-47)48-21-8-5-9-22-48)71(50-32-29-44-17-10-11-18-45(44)39-50)51-36-38-65-55(40-51)53-23-12-14-27-63(53)73-65/h4-43H,1-3H3. The van der Waals surface area contributed by atoms with E-state index in [1.54, 1.807) is 0 Å². The molecule has 74 heavy (non-hydrogen) atoms. The van der Waals surface area contributed by atoms with Gasteiger partial charge < -0.3 is 18.6 Å². The summed E-state index contributed by atoms with van der Waals surface area (Å²) in [6, 6.07) is 89.7. The summed E-state index contributed by atoms with van der Waals surface area (Å²) in [6.45, 7) is 6.73. The van der Waals surface area contributed by atoms with Crippen molar-refractivity contribution in [3.8, 4) is 0 Å². The molecule has 0 bridgehead atoms. The molecule has 0 unspecified atom stereocenters. The van der Waals surface area contributed by atoms with Crippen molar-refractivity contribution in [3.63, 3.8) is 0 Å². The lowest BCUT2D eigenvalue weighted by molar-refractivity contribution is 0.590. The Labute approximate surface area is 430 Å². The second-order valence-corrected chi connectivity index (χ2v) is 21.2. The van der Waals surface area contributed by atoms with E-state index < -0.39 is 5.41 Å². The first kappa shape index (κ1) is 42.6. The SMILES string of the molecule is CC(C)(C)c1ccc(N2c3cc4oc5ccccc5c4cc3B3c4ccc(N(c5ccc6ccccc6c5)c5ccc6oc7ccccc7c6c5)cc4C(c4ccccc4)(c4ccccc4)c4cccc2c43)cc1. The second-order valence-electron chi connectivity index (χ2n) is 21.2. The molecule has 0 amide bonds. The average molecular weight is 949 g/mol. The molecule has 2 aliphatic heterocycles. The molecule has 0 saturated heterocycles. The molecule has 0 N–H and O–H groups in total. The van der Waals surface area contributed by atoms with E-state index in [1.165, 1.54) is 60.7 Å². The molecule has 350 valence electrons. The van der Waals surface area contributed by atoms with Crippen molar-refractivity contribution in [2.24, 2.45) is 0 Å². The molecule has 0 saturated carbocycles. The van der Waals surface area contributed by atoms with E-state index in [1.807, 2.05) is 6.07 Å². The Morgan fingerprint density at radius 2 is 0.986 bits per heavy atom. The van der Waals surface area contributed by atoms with E-state index in [9.17, 15) is 0 Å². The number of nitrogens with zero attached hydrogens (tertiary/aromatic N) is 2. The van der Waals surface area contributed by atoms with Gasteiger partial charge in [-0.3, -0.25) is 0 Å². The van der Waals surface area contributed by atoms with Crippen LogP contribution in [0.25, 0.3) is 54.6 Å². The summed E-state index contributed by atoms with van der Waals surface area (Å²) in [6.07, 6.45) is 0. The molecular weight excluding hydrogens is 900 g/mol. The van der Waals surface area contributed by atoms with Gasteiger partial charge in [-0.25, -0.2) is 0 Å². The molecule has 0 spiro atoms. The van der Waals surface area contributed by atoms with Gasteiger partial charge in [-0.15, -0.1) is 0 Å². The Morgan fingerprint density at radius 3 is 1.70 bits per heavy atom. The molecule has 0 aliphatic carbocycles. The number of furan rings is 2. The summed E-state index contributed by atoms with van der Waals surface area (Å²) in [5.41, 5.74) is 19.4. The Morgan fingerprint density at radius 1 is 0.405 bits per heavy atom. The maximum Gasteiger partial charge on any atom is 0.247 e. The minimum atomic E-state index is -0.735. The highest BCUT2D eigenvalue weighted by Gasteiger charge is 2.52. The van der Waals surface area contributed by atoms with Crippen molar-refractivity contribution in [2.75, 3.05) is 9.80 Å². The molecule has 0 radical (unpaired) electrons. The molecular formula is C69H49BN2O2. The zero-order valence-electron chi connectivity index (χ0n) is 41.4. The van der Waals surface area contributed by atoms with Gasteiger partial charge in [0.25, 0.3) is 0 Å². The van der Waals surface area contributed by atoms with Crippen LogP contribution in [0.3, 0.4) is 0 Å². The van der Waals surface area contributed by atoms with Gasteiger partial charge in [0, 0.05) is 61.7 Å². The van der Waals surface area contributed by atoms with Crippen LogP contribution in [-0.2, 0) is 10.8 Å². The highest BCUT2D eigenvalue weighted by molar-refractivity contribution is 6.99. The first-order chi connectivity index (χ1) is 36.3. The summed E-state index contributed by atoms with van der Waals surface area (Å²) in [4.78, 5) is 4.95. The van der Waals surface area contributed by atoms with Gasteiger partial charge in [0.15, 0.2) is 0 Å². The Hall–Kier alpha value is -9.06.